The van der Waals surface area contributed by atoms with Crippen molar-refractivity contribution in [2.45, 2.75) is 33.4 Å². The average molecular weight is 628 g/mol. The van der Waals surface area contributed by atoms with Crippen LogP contribution in [0.2, 0.25) is 15.1 Å². The van der Waals surface area contributed by atoms with Crippen LogP contribution in [0, 0.1) is 6.92 Å². The molecule has 0 amide bonds. The molecule has 0 radical (unpaired) electrons. The molecule has 0 spiro atoms. The van der Waals surface area contributed by atoms with E-state index in [1.54, 1.807) is 48.8 Å². The van der Waals surface area contributed by atoms with Crippen LogP contribution >= 0.6 is 46.1 Å². The number of carbonyl (C=O) groups is 1. The maximum atomic E-state index is 14.0. The molecule has 6 nitrogen and oxygen atoms in total. The summed E-state index contributed by atoms with van der Waals surface area (Å²) in [6.07, 6.45) is 1.68. The zero-order chi connectivity index (χ0) is 29.3. The Kier molecular flexibility index (Phi) is 8.71. The summed E-state index contributed by atoms with van der Waals surface area (Å²) in [6.45, 7) is 5.88. The van der Waals surface area contributed by atoms with E-state index in [0.717, 1.165) is 16.7 Å². The molecule has 0 saturated heterocycles. The van der Waals surface area contributed by atoms with Crippen molar-refractivity contribution in [2.24, 2.45) is 4.99 Å². The van der Waals surface area contributed by atoms with Gasteiger partial charge in [0.2, 0.25) is 0 Å². The van der Waals surface area contributed by atoms with E-state index in [1.165, 1.54) is 11.3 Å². The number of aromatic nitrogens is 1. The van der Waals surface area contributed by atoms with E-state index < -0.39 is 12.0 Å². The summed E-state index contributed by atoms with van der Waals surface area (Å²) in [6, 6.07) is 17.6. The molecule has 1 aliphatic heterocycles. The summed E-state index contributed by atoms with van der Waals surface area (Å²) in [4.78, 5) is 32.2. The Morgan fingerprint density at radius 1 is 1.05 bits per heavy atom. The number of ether oxygens (including phenoxy) is 2. The highest BCUT2D eigenvalue weighted by atomic mass is 35.5. The zero-order valence-corrected chi connectivity index (χ0v) is 25.5. The van der Waals surface area contributed by atoms with Gasteiger partial charge in [-0.1, -0.05) is 88.1 Å². The quantitative estimate of drug-likeness (QED) is 0.215. The van der Waals surface area contributed by atoms with Crippen molar-refractivity contribution in [1.29, 1.82) is 0 Å². The van der Waals surface area contributed by atoms with Crippen LogP contribution in [0.3, 0.4) is 0 Å². The number of aryl methyl sites for hydroxylation is 1. The summed E-state index contributed by atoms with van der Waals surface area (Å²) >= 11 is 20.2. The highest BCUT2D eigenvalue weighted by Gasteiger charge is 2.33. The Labute approximate surface area is 255 Å². The SMILES string of the molecule is CCOC(=O)C1=C(C)N=c2s/c(=C\c3cc(Cl)cc(Cl)c3OCc3cccc(Cl)c3)c(=O)n2[C@@H]1c1ccc(C)cc1. The van der Waals surface area contributed by atoms with E-state index in [9.17, 15) is 9.59 Å². The van der Waals surface area contributed by atoms with Crippen LogP contribution in [0.15, 0.2) is 81.7 Å². The lowest BCUT2D eigenvalue weighted by Gasteiger charge is -2.24. The first kappa shape index (κ1) is 29.1. The molecular weight excluding hydrogens is 603 g/mol. The first-order valence-corrected chi connectivity index (χ1v) is 14.7. The Morgan fingerprint density at radius 3 is 2.51 bits per heavy atom. The summed E-state index contributed by atoms with van der Waals surface area (Å²) < 4.78 is 13.4. The highest BCUT2D eigenvalue weighted by molar-refractivity contribution is 7.07. The van der Waals surface area contributed by atoms with Crippen LogP contribution in [0.1, 0.15) is 42.1 Å². The van der Waals surface area contributed by atoms with E-state index in [1.807, 2.05) is 43.3 Å². The third-order valence-electron chi connectivity index (χ3n) is 6.51. The van der Waals surface area contributed by atoms with Crippen molar-refractivity contribution in [2.75, 3.05) is 6.61 Å². The fourth-order valence-corrected chi connectivity index (χ4v) is 6.43. The molecule has 0 saturated carbocycles. The van der Waals surface area contributed by atoms with E-state index >= 15 is 0 Å². The van der Waals surface area contributed by atoms with Gasteiger partial charge in [-0.25, -0.2) is 9.79 Å². The number of esters is 1. The van der Waals surface area contributed by atoms with Crippen molar-refractivity contribution < 1.29 is 14.3 Å². The number of nitrogens with zero attached hydrogens (tertiary/aromatic N) is 2. The van der Waals surface area contributed by atoms with Gasteiger partial charge in [-0.2, -0.15) is 0 Å². The van der Waals surface area contributed by atoms with Crippen LogP contribution < -0.4 is 19.6 Å². The minimum Gasteiger partial charge on any atom is -0.487 e. The largest absolute Gasteiger partial charge is 0.487 e. The molecule has 5 rings (SSSR count). The zero-order valence-electron chi connectivity index (χ0n) is 22.4. The lowest BCUT2D eigenvalue weighted by Crippen LogP contribution is -2.39. The van der Waals surface area contributed by atoms with Crippen molar-refractivity contribution in [3.63, 3.8) is 0 Å². The fourth-order valence-electron chi connectivity index (χ4n) is 4.62. The molecule has 3 aromatic carbocycles. The highest BCUT2D eigenvalue weighted by Crippen LogP contribution is 2.34. The molecule has 2 heterocycles. The van der Waals surface area contributed by atoms with Gasteiger partial charge < -0.3 is 9.47 Å². The van der Waals surface area contributed by atoms with Gasteiger partial charge in [0, 0.05) is 15.6 Å². The lowest BCUT2D eigenvalue weighted by molar-refractivity contribution is -0.139. The Hall–Kier alpha value is -3.36. The molecule has 0 N–H and O–H groups in total. The predicted octanol–water partition coefficient (Wildman–Crippen LogP) is 6.65. The third-order valence-corrected chi connectivity index (χ3v) is 8.22. The van der Waals surface area contributed by atoms with E-state index in [4.69, 9.17) is 44.3 Å². The first-order valence-electron chi connectivity index (χ1n) is 12.8. The van der Waals surface area contributed by atoms with Gasteiger partial charge in [0.15, 0.2) is 4.80 Å². The second-order valence-corrected chi connectivity index (χ2v) is 11.7. The van der Waals surface area contributed by atoms with Crippen molar-refractivity contribution in [3.05, 3.63) is 129 Å². The molecule has 41 heavy (non-hydrogen) atoms. The molecule has 10 heteroatoms. The topological polar surface area (TPSA) is 69.9 Å². The molecule has 4 aromatic rings. The van der Waals surface area contributed by atoms with Crippen LogP contribution in [0.4, 0.5) is 0 Å². The summed E-state index contributed by atoms with van der Waals surface area (Å²) in [5.74, 6) is -0.132. The molecule has 1 aliphatic rings. The van der Waals surface area contributed by atoms with E-state index in [0.29, 0.717) is 47.0 Å². The molecule has 1 aromatic heterocycles. The van der Waals surface area contributed by atoms with Crippen LogP contribution in [0.5, 0.6) is 5.75 Å². The number of thiazole rings is 1. The summed E-state index contributed by atoms with van der Waals surface area (Å²) in [5, 5.41) is 1.29. The number of fused-ring (bicyclic) bond motifs is 1. The van der Waals surface area contributed by atoms with Gasteiger partial charge in [-0.15, -0.1) is 0 Å². The number of benzene rings is 3. The summed E-state index contributed by atoms with van der Waals surface area (Å²) in [5.41, 5.74) is 3.73. The molecule has 0 fully saturated rings. The average Bonchev–Trinajstić information content (AvgIpc) is 3.22. The van der Waals surface area contributed by atoms with Crippen LogP contribution in [-0.4, -0.2) is 17.1 Å². The molecule has 0 aliphatic carbocycles. The third kappa shape index (κ3) is 6.14. The van der Waals surface area contributed by atoms with E-state index in [2.05, 4.69) is 4.99 Å². The molecule has 1 atom stereocenters. The molecule has 210 valence electrons. The number of hydrogen-bond donors (Lipinski definition) is 0. The molecular formula is C31H25Cl3N2O4S. The second-order valence-electron chi connectivity index (χ2n) is 9.44. The fraction of sp³-hybridized carbons (Fsp3) is 0.194. The van der Waals surface area contributed by atoms with Crippen molar-refractivity contribution in [3.8, 4) is 5.75 Å². The summed E-state index contributed by atoms with van der Waals surface area (Å²) in [7, 11) is 0. The first-order chi connectivity index (χ1) is 19.7. The minimum atomic E-state index is -0.699. The molecule has 0 unspecified atom stereocenters. The van der Waals surface area contributed by atoms with Gasteiger partial charge in [-0.3, -0.25) is 9.36 Å². The number of carbonyl (C=O) groups excluding carboxylic acids is 1. The van der Waals surface area contributed by atoms with Gasteiger partial charge >= 0.3 is 5.97 Å². The second kappa shape index (κ2) is 12.2. The maximum absolute atomic E-state index is 14.0. The Morgan fingerprint density at radius 2 is 1.80 bits per heavy atom. The normalized spacial score (nSPS) is 15.0. The van der Waals surface area contributed by atoms with E-state index in [-0.39, 0.29) is 18.8 Å². The number of allylic oxidation sites excluding steroid dienone is 1. The standard InChI is InChI=1S/C31H25Cl3N2O4S/c1-4-39-30(38)26-18(3)35-31-36(27(26)20-10-8-17(2)9-11-20)29(37)25(41-31)14-21-13-23(33)15-24(34)28(21)40-16-19-6-5-7-22(32)12-19/h5-15,27H,4,16H2,1-3H3/b25-14-/t27-/m1/s1. The Balaban J connectivity index is 1.65. The van der Waals surface area contributed by atoms with Crippen LogP contribution in [0.25, 0.3) is 6.08 Å². The minimum absolute atomic E-state index is 0.203. The van der Waals surface area contributed by atoms with Crippen molar-refractivity contribution >= 4 is 58.2 Å². The van der Waals surface area contributed by atoms with Gasteiger partial charge in [-0.05, 0) is 62.2 Å². The molecule has 0 bridgehead atoms. The van der Waals surface area contributed by atoms with Gasteiger partial charge in [0.05, 0.1) is 33.5 Å². The number of hydrogen-bond acceptors (Lipinski definition) is 6. The van der Waals surface area contributed by atoms with Crippen LogP contribution in [-0.2, 0) is 16.1 Å². The lowest BCUT2D eigenvalue weighted by atomic mass is 9.95. The maximum Gasteiger partial charge on any atom is 0.338 e. The number of rotatable bonds is 7. The smallest absolute Gasteiger partial charge is 0.338 e. The Bertz CT molecular complexity index is 1860. The van der Waals surface area contributed by atoms with Crippen molar-refractivity contribution in [1.82, 2.24) is 4.57 Å². The van der Waals surface area contributed by atoms with Gasteiger partial charge in [0.25, 0.3) is 5.56 Å². The number of halogens is 3. The monoisotopic (exact) mass is 626 g/mol. The van der Waals surface area contributed by atoms with Gasteiger partial charge in [0.1, 0.15) is 12.4 Å². The predicted molar refractivity (Wildman–Crippen MR) is 164 cm³/mol.